The van der Waals surface area contributed by atoms with Gasteiger partial charge in [0.2, 0.25) is 0 Å². The molecule has 3 aliphatic rings. The first-order chi connectivity index (χ1) is 11.7. The summed E-state index contributed by atoms with van der Waals surface area (Å²) >= 11 is 0. The van der Waals surface area contributed by atoms with Crippen LogP contribution in [0.3, 0.4) is 0 Å². The van der Waals surface area contributed by atoms with E-state index in [0.29, 0.717) is 24.3 Å². The molecule has 0 unspecified atom stereocenters. The van der Waals surface area contributed by atoms with Gasteiger partial charge in [-0.1, -0.05) is 0 Å². The molecule has 0 aliphatic carbocycles. The van der Waals surface area contributed by atoms with Crippen LogP contribution in [0.15, 0.2) is 0 Å². The average Bonchev–Trinajstić information content (AvgIpc) is 2.61. The van der Waals surface area contributed by atoms with Crippen molar-refractivity contribution in [2.75, 3.05) is 39.4 Å². The van der Waals surface area contributed by atoms with Crippen molar-refractivity contribution in [3.63, 3.8) is 0 Å². The van der Waals surface area contributed by atoms with Crippen molar-refractivity contribution in [1.82, 2.24) is 9.80 Å². The van der Waals surface area contributed by atoms with Gasteiger partial charge in [0.05, 0.1) is 12.2 Å². The van der Waals surface area contributed by atoms with Crippen LogP contribution in [0, 0.1) is 0 Å². The minimum Gasteiger partial charge on any atom is -0.378 e. The number of ether oxygens (including phenoxy) is 2. The lowest BCUT2D eigenvalue weighted by atomic mass is 10.0. The molecule has 24 heavy (non-hydrogen) atoms. The number of hydrogen-bond donors (Lipinski definition) is 0. The van der Waals surface area contributed by atoms with Crippen LogP contribution in [0.2, 0.25) is 0 Å². The van der Waals surface area contributed by atoms with Gasteiger partial charge >= 0.3 is 0 Å². The lowest BCUT2D eigenvalue weighted by molar-refractivity contribution is -0.0212. The van der Waals surface area contributed by atoms with Gasteiger partial charge < -0.3 is 14.4 Å². The Bertz CT molecular complexity index is 342. The van der Waals surface area contributed by atoms with E-state index < -0.39 is 0 Å². The molecule has 0 radical (unpaired) electrons. The first kappa shape index (κ1) is 18.6. The third-order valence-corrected chi connectivity index (χ3v) is 6.20. The molecule has 3 fully saturated rings. The number of piperazine rings is 1. The van der Waals surface area contributed by atoms with Gasteiger partial charge in [-0.05, 0) is 65.2 Å². The van der Waals surface area contributed by atoms with Crippen molar-refractivity contribution in [3.8, 4) is 0 Å². The Kier molecular flexibility index (Phi) is 7.38. The minimum atomic E-state index is 0.514. The Morgan fingerprint density at radius 2 is 1.29 bits per heavy atom. The smallest absolute Gasteiger partial charge is 0.0587 e. The first-order valence-corrected chi connectivity index (χ1v) is 10.4. The van der Waals surface area contributed by atoms with E-state index in [0.717, 1.165) is 13.2 Å². The van der Waals surface area contributed by atoms with Crippen molar-refractivity contribution in [2.45, 2.75) is 89.5 Å². The highest BCUT2D eigenvalue weighted by atomic mass is 16.5. The van der Waals surface area contributed by atoms with E-state index in [4.69, 9.17) is 9.47 Å². The van der Waals surface area contributed by atoms with E-state index in [1.807, 2.05) is 0 Å². The number of rotatable bonds is 6. The highest BCUT2D eigenvalue weighted by Gasteiger charge is 2.30. The Hall–Kier alpha value is -0.160. The van der Waals surface area contributed by atoms with Gasteiger partial charge in [0.25, 0.3) is 0 Å². The van der Waals surface area contributed by atoms with Gasteiger partial charge in [0.1, 0.15) is 0 Å². The summed E-state index contributed by atoms with van der Waals surface area (Å²) < 4.78 is 11.8. The standard InChI is InChI=1S/C20H38N2O2/c1-17-15-21(11-9-19-7-3-5-13-23-19)16-18(2)22(17)12-10-20-8-4-6-14-24-20/h17-20H,3-16H2,1-2H3/t17-,18+,19-,20-/m0/s1. The molecule has 0 amide bonds. The molecule has 140 valence electrons. The molecular weight excluding hydrogens is 300 g/mol. The molecule has 0 saturated carbocycles. The van der Waals surface area contributed by atoms with Crippen molar-refractivity contribution < 1.29 is 9.47 Å². The third kappa shape index (κ3) is 5.42. The van der Waals surface area contributed by atoms with E-state index in [-0.39, 0.29) is 0 Å². The van der Waals surface area contributed by atoms with Crippen LogP contribution in [0.5, 0.6) is 0 Å². The summed E-state index contributed by atoms with van der Waals surface area (Å²) in [5.74, 6) is 0. The zero-order chi connectivity index (χ0) is 16.8. The summed E-state index contributed by atoms with van der Waals surface area (Å²) in [4.78, 5) is 5.38. The fraction of sp³-hybridized carbons (Fsp3) is 1.00. The molecule has 3 aliphatic heterocycles. The quantitative estimate of drug-likeness (QED) is 0.742. The van der Waals surface area contributed by atoms with E-state index in [2.05, 4.69) is 23.6 Å². The predicted octanol–water partition coefficient (Wildman–Crippen LogP) is 3.30. The Morgan fingerprint density at radius 1 is 0.750 bits per heavy atom. The lowest BCUT2D eigenvalue weighted by Gasteiger charge is -2.45. The molecule has 3 saturated heterocycles. The van der Waals surface area contributed by atoms with Crippen LogP contribution in [0.1, 0.15) is 65.2 Å². The molecule has 4 heteroatoms. The van der Waals surface area contributed by atoms with Gasteiger partial charge in [0.15, 0.2) is 0 Å². The molecular formula is C20H38N2O2. The maximum atomic E-state index is 5.92. The van der Waals surface area contributed by atoms with Crippen molar-refractivity contribution in [1.29, 1.82) is 0 Å². The van der Waals surface area contributed by atoms with Crippen LogP contribution in [-0.2, 0) is 9.47 Å². The largest absolute Gasteiger partial charge is 0.378 e. The van der Waals surface area contributed by atoms with Gasteiger partial charge in [-0.25, -0.2) is 0 Å². The summed E-state index contributed by atoms with van der Waals surface area (Å²) in [5.41, 5.74) is 0. The number of hydrogen-bond acceptors (Lipinski definition) is 4. The third-order valence-electron chi connectivity index (χ3n) is 6.20. The molecule has 4 nitrogen and oxygen atoms in total. The Balaban J connectivity index is 1.38. The predicted molar refractivity (Wildman–Crippen MR) is 98.5 cm³/mol. The van der Waals surface area contributed by atoms with Crippen LogP contribution in [0.4, 0.5) is 0 Å². The van der Waals surface area contributed by atoms with Crippen LogP contribution < -0.4 is 0 Å². The molecule has 0 N–H and O–H groups in total. The van der Waals surface area contributed by atoms with Crippen LogP contribution in [0.25, 0.3) is 0 Å². The van der Waals surface area contributed by atoms with E-state index in [9.17, 15) is 0 Å². The molecule has 0 bridgehead atoms. The zero-order valence-corrected chi connectivity index (χ0v) is 15.9. The molecule has 0 aromatic rings. The molecule has 3 heterocycles. The maximum absolute atomic E-state index is 5.92. The second kappa shape index (κ2) is 9.51. The summed E-state index contributed by atoms with van der Waals surface area (Å²) in [7, 11) is 0. The second-order valence-electron chi connectivity index (χ2n) is 8.25. The average molecular weight is 339 g/mol. The van der Waals surface area contributed by atoms with E-state index in [1.165, 1.54) is 77.5 Å². The Morgan fingerprint density at radius 3 is 1.79 bits per heavy atom. The van der Waals surface area contributed by atoms with Gasteiger partial charge in [0, 0.05) is 51.5 Å². The van der Waals surface area contributed by atoms with Crippen LogP contribution >= 0.6 is 0 Å². The zero-order valence-electron chi connectivity index (χ0n) is 15.9. The molecule has 3 rings (SSSR count). The van der Waals surface area contributed by atoms with E-state index in [1.54, 1.807) is 0 Å². The van der Waals surface area contributed by atoms with Crippen LogP contribution in [-0.4, -0.2) is 73.5 Å². The summed E-state index contributed by atoms with van der Waals surface area (Å²) in [5, 5.41) is 0. The molecule has 4 atom stereocenters. The lowest BCUT2D eigenvalue weighted by Crippen LogP contribution is -2.57. The van der Waals surface area contributed by atoms with Gasteiger partial charge in [-0.15, -0.1) is 0 Å². The van der Waals surface area contributed by atoms with Crippen molar-refractivity contribution in [2.24, 2.45) is 0 Å². The summed E-state index contributed by atoms with van der Waals surface area (Å²) in [6, 6.07) is 1.31. The van der Waals surface area contributed by atoms with Gasteiger partial charge in [-0.3, -0.25) is 4.90 Å². The molecule has 0 aromatic carbocycles. The highest BCUT2D eigenvalue weighted by Crippen LogP contribution is 2.22. The van der Waals surface area contributed by atoms with Crippen molar-refractivity contribution >= 4 is 0 Å². The second-order valence-corrected chi connectivity index (χ2v) is 8.25. The Labute approximate surface area is 148 Å². The normalized spacial score (nSPS) is 36.8. The maximum Gasteiger partial charge on any atom is 0.0587 e. The molecule has 0 spiro atoms. The highest BCUT2D eigenvalue weighted by molar-refractivity contribution is 4.86. The van der Waals surface area contributed by atoms with Gasteiger partial charge in [-0.2, -0.15) is 0 Å². The minimum absolute atomic E-state index is 0.514. The monoisotopic (exact) mass is 338 g/mol. The number of nitrogens with zero attached hydrogens (tertiary/aromatic N) is 2. The molecule has 0 aromatic heterocycles. The fourth-order valence-electron chi connectivity index (χ4n) is 4.78. The summed E-state index contributed by atoms with van der Waals surface area (Å²) in [6.45, 7) is 11.6. The van der Waals surface area contributed by atoms with E-state index >= 15 is 0 Å². The van der Waals surface area contributed by atoms with Crippen molar-refractivity contribution in [3.05, 3.63) is 0 Å². The SMILES string of the molecule is C[C@@H]1CN(CC[C@@H]2CCCCO2)C[C@H](C)N1CC[C@@H]1CCCCO1. The summed E-state index contributed by atoms with van der Waals surface area (Å²) in [6.07, 6.45) is 11.2. The topological polar surface area (TPSA) is 24.9 Å². The first-order valence-electron chi connectivity index (χ1n) is 10.4. The fourth-order valence-corrected chi connectivity index (χ4v) is 4.78.